The lowest BCUT2D eigenvalue weighted by molar-refractivity contribution is 0.415. The first-order chi connectivity index (χ1) is 8.02. The van der Waals surface area contributed by atoms with Crippen LogP contribution in [0, 0.1) is 5.92 Å². The van der Waals surface area contributed by atoms with Crippen molar-refractivity contribution in [1.29, 1.82) is 0 Å². The average Bonchev–Trinajstić information content (AvgIpc) is 2.26. The number of anilines is 1. The Kier molecular flexibility index (Phi) is 5.51. The molecule has 0 heterocycles. The van der Waals surface area contributed by atoms with Crippen LogP contribution in [-0.4, -0.2) is 18.8 Å². The zero-order valence-electron chi connectivity index (χ0n) is 10.2. The number of benzene rings is 1. The van der Waals surface area contributed by atoms with Crippen molar-refractivity contribution < 1.29 is 4.74 Å². The summed E-state index contributed by atoms with van der Waals surface area (Å²) in [7, 11) is 1.59. The van der Waals surface area contributed by atoms with Crippen LogP contribution in [0.1, 0.15) is 13.8 Å². The van der Waals surface area contributed by atoms with Crippen molar-refractivity contribution in [3.8, 4) is 5.75 Å². The lowest BCUT2D eigenvalue weighted by Crippen LogP contribution is -2.31. The lowest BCUT2D eigenvalue weighted by Gasteiger charge is -2.13. The van der Waals surface area contributed by atoms with Crippen molar-refractivity contribution >= 4 is 34.6 Å². The van der Waals surface area contributed by atoms with E-state index in [4.69, 9.17) is 28.6 Å². The third-order valence-electron chi connectivity index (χ3n) is 2.08. The molecule has 0 aromatic heterocycles. The first kappa shape index (κ1) is 14.1. The molecule has 1 aromatic carbocycles. The molecule has 94 valence electrons. The van der Waals surface area contributed by atoms with Crippen LogP contribution < -0.4 is 15.4 Å². The van der Waals surface area contributed by atoms with Gasteiger partial charge in [0.2, 0.25) is 0 Å². The van der Waals surface area contributed by atoms with Crippen LogP contribution >= 0.6 is 23.8 Å². The third-order valence-corrected chi connectivity index (χ3v) is 2.62. The normalized spacial score (nSPS) is 10.2. The van der Waals surface area contributed by atoms with E-state index in [1.807, 2.05) is 6.07 Å². The summed E-state index contributed by atoms with van der Waals surface area (Å²) in [5.74, 6) is 1.20. The average molecular weight is 273 g/mol. The van der Waals surface area contributed by atoms with Crippen LogP contribution in [0.2, 0.25) is 5.02 Å². The summed E-state index contributed by atoms with van der Waals surface area (Å²) in [5, 5.41) is 7.35. The van der Waals surface area contributed by atoms with Crippen LogP contribution in [0.4, 0.5) is 5.69 Å². The molecule has 17 heavy (non-hydrogen) atoms. The van der Waals surface area contributed by atoms with Gasteiger partial charge in [-0.05, 0) is 36.3 Å². The van der Waals surface area contributed by atoms with Crippen LogP contribution in [0.3, 0.4) is 0 Å². The smallest absolute Gasteiger partial charge is 0.170 e. The fourth-order valence-corrected chi connectivity index (χ4v) is 1.68. The van der Waals surface area contributed by atoms with Gasteiger partial charge in [-0.25, -0.2) is 0 Å². The van der Waals surface area contributed by atoms with Gasteiger partial charge in [-0.15, -0.1) is 0 Å². The minimum atomic E-state index is 0.550. The number of thiocarbonyl (C=S) groups is 1. The molecular formula is C12H17ClN2OS. The molecule has 0 unspecified atom stereocenters. The van der Waals surface area contributed by atoms with Crippen molar-refractivity contribution in [2.24, 2.45) is 5.92 Å². The van der Waals surface area contributed by atoms with Crippen LogP contribution in [-0.2, 0) is 0 Å². The Labute approximate surface area is 112 Å². The predicted octanol–water partition coefficient (Wildman–Crippen LogP) is 3.29. The summed E-state index contributed by atoms with van der Waals surface area (Å²) in [4.78, 5) is 0. The van der Waals surface area contributed by atoms with Gasteiger partial charge in [0.15, 0.2) is 5.11 Å². The fourth-order valence-electron chi connectivity index (χ4n) is 1.22. The Bertz CT molecular complexity index is 396. The predicted molar refractivity (Wildman–Crippen MR) is 77.1 cm³/mol. The monoisotopic (exact) mass is 272 g/mol. The van der Waals surface area contributed by atoms with E-state index >= 15 is 0 Å². The van der Waals surface area contributed by atoms with E-state index in [0.29, 0.717) is 21.8 Å². The summed E-state index contributed by atoms with van der Waals surface area (Å²) in [5.41, 5.74) is 0.844. The van der Waals surface area contributed by atoms with Crippen molar-refractivity contribution in [2.45, 2.75) is 13.8 Å². The number of rotatable bonds is 4. The van der Waals surface area contributed by atoms with Gasteiger partial charge in [-0.3, -0.25) is 0 Å². The molecule has 1 aromatic rings. The number of hydrogen-bond acceptors (Lipinski definition) is 2. The van der Waals surface area contributed by atoms with E-state index in [1.54, 1.807) is 19.2 Å². The summed E-state index contributed by atoms with van der Waals surface area (Å²) in [6.07, 6.45) is 0. The molecule has 0 aliphatic carbocycles. The molecule has 0 spiro atoms. The van der Waals surface area contributed by atoms with Crippen molar-refractivity contribution in [1.82, 2.24) is 5.32 Å². The van der Waals surface area contributed by atoms with Gasteiger partial charge in [0.1, 0.15) is 5.75 Å². The lowest BCUT2D eigenvalue weighted by atomic mass is 10.2. The molecule has 0 amide bonds. The highest BCUT2D eigenvalue weighted by atomic mass is 35.5. The minimum Gasteiger partial charge on any atom is -0.495 e. The molecule has 3 nitrogen and oxygen atoms in total. The van der Waals surface area contributed by atoms with Crippen LogP contribution in [0.5, 0.6) is 5.75 Å². The molecular weight excluding hydrogens is 256 g/mol. The van der Waals surface area contributed by atoms with Gasteiger partial charge in [-0.1, -0.05) is 25.4 Å². The summed E-state index contributed by atoms with van der Waals surface area (Å²) < 4.78 is 5.08. The molecule has 0 radical (unpaired) electrons. The summed E-state index contributed by atoms with van der Waals surface area (Å²) in [6, 6.07) is 5.45. The number of halogens is 1. The molecule has 2 N–H and O–H groups in total. The highest BCUT2D eigenvalue weighted by Crippen LogP contribution is 2.27. The number of nitrogens with one attached hydrogen (secondary N) is 2. The van der Waals surface area contributed by atoms with E-state index in [9.17, 15) is 0 Å². The largest absolute Gasteiger partial charge is 0.495 e. The molecule has 0 bridgehead atoms. The van der Waals surface area contributed by atoms with Gasteiger partial charge in [0.05, 0.1) is 12.1 Å². The highest BCUT2D eigenvalue weighted by Gasteiger charge is 2.03. The first-order valence-electron chi connectivity index (χ1n) is 5.41. The molecule has 0 saturated heterocycles. The molecule has 0 aliphatic heterocycles. The van der Waals surface area contributed by atoms with E-state index in [2.05, 4.69) is 24.5 Å². The van der Waals surface area contributed by atoms with E-state index < -0.39 is 0 Å². The Balaban J connectivity index is 2.57. The summed E-state index contributed by atoms with van der Waals surface area (Å²) in [6.45, 7) is 5.09. The second-order valence-electron chi connectivity index (χ2n) is 4.08. The Morgan fingerprint density at radius 2 is 2.18 bits per heavy atom. The van der Waals surface area contributed by atoms with Gasteiger partial charge in [-0.2, -0.15) is 0 Å². The molecule has 5 heteroatoms. The summed E-state index contributed by atoms with van der Waals surface area (Å²) >= 11 is 11.2. The maximum Gasteiger partial charge on any atom is 0.170 e. The van der Waals surface area contributed by atoms with Gasteiger partial charge < -0.3 is 15.4 Å². The second kappa shape index (κ2) is 6.67. The maximum atomic E-state index is 6.01. The standard InChI is InChI=1S/C12H17ClN2OS/c1-8(2)7-14-12(17)15-9-4-5-11(16-3)10(13)6-9/h4-6,8H,7H2,1-3H3,(H2,14,15,17). The molecule has 0 saturated carbocycles. The zero-order valence-corrected chi connectivity index (χ0v) is 11.8. The highest BCUT2D eigenvalue weighted by molar-refractivity contribution is 7.80. The van der Waals surface area contributed by atoms with E-state index in [0.717, 1.165) is 12.2 Å². The van der Waals surface area contributed by atoms with Crippen molar-refractivity contribution in [3.63, 3.8) is 0 Å². The van der Waals surface area contributed by atoms with E-state index in [-0.39, 0.29) is 0 Å². The molecule has 0 aliphatic rings. The van der Waals surface area contributed by atoms with Crippen LogP contribution in [0.25, 0.3) is 0 Å². The topological polar surface area (TPSA) is 33.3 Å². The number of hydrogen-bond donors (Lipinski definition) is 2. The second-order valence-corrected chi connectivity index (χ2v) is 4.89. The van der Waals surface area contributed by atoms with Crippen LogP contribution in [0.15, 0.2) is 18.2 Å². The number of ether oxygens (including phenoxy) is 1. The molecule has 0 fully saturated rings. The fraction of sp³-hybridized carbons (Fsp3) is 0.417. The maximum absolute atomic E-state index is 6.01. The Morgan fingerprint density at radius 1 is 1.47 bits per heavy atom. The van der Waals surface area contributed by atoms with Gasteiger partial charge in [0, 0.05) is 12.2 Å². The Hall–Kier alpha value is -1.00. The first-order valence-corrected chi connectivity index (χ1v) is 6.20. The molecule has 0 atom stereocenters. The quantitative estimate of drug-likeness (QED) is 0.824. The van der Waals surface area contributed by atoms with Crippen molar-refractivity contribution in [2.75, 3.05) is 19.0 Å². The molecule has 1 rings (SSSR count). The van der Waals surface area contributed by atoms with Crippen molar-refractivity contribution in [3.05, 3.63) is 23.2 Å². The zero-order chi connectivity index (χ0) is 12.8. The third kappa shape index (κ3) is 4.79. The Morgan fingerprint density at radius 3 is 2.71 bits per heavy atom. The van der Waals surface area contributed by atoms with E-state index in [1.165, 1.54) is 0 Å². The minimum absolute atomic E-state index is 0.550. The van der Waals surface area contributed by atoms with Gasteiger partial charge in [0.25, 0.3) is 0 Å². The SMILES string of the molecule is COc1ccc(NC(=S)NCC(C)C)cc1Cl. The number of methoxy groups -OCH3 is 1. The van der Waals surface area contributed by atoms with Gasteiger partial charge >= 0.3 is 0 Å².